The second-order valence-electron chi connectivity index (χ2n) is 15.5. The Kier molecular flexibility index (Phi) is 6.78. The highest BCUT2D eigenvalue weighted by Gasteiger charge is 2.41. The van der Waals surface area contributed by atoms with Gasteiger partial charge in [0, 0.05) is 49.2 Å². The normalized spacial score (nSPS) is 12.6. The first-order valence-electron chi connectivity index (χ1n) is 20.1. The molecule has 0 radical (unpaired) electrons. The van der Waals surface area contributed by atoms with Crippen molar-refractivity contribution in [2.75, 3.05) is 0 Å². The van der Waals surface area contributed by atoms with Crippen LogP contribution in [0.3, 0.4) is 0 Å². The van der Waals surface area contributed by atoms with E-state index in [2.05, 4.69) is 180 Å². The number of fused-ring (bicyclic) bond motifs is 10. The molecule has 0 spiro atoms. The number of furan rings is 1. The summed E-state index contributed by atoms with van der Waals surface area (Å²) >= 11 is 0. The molecule has 0 saturated heterocycles. The van der Waals surface area contributed by atoms with Crippen molar-refractivity contribution in [1.29, 1.82) is 0 Å². The molecular weight excluding hydrogens is 721 g/mol. The fourth-order valence-electron chi connectivity index (χ4n) is 9.63. The van der Waals surface area contributed by atoms with Gasteiger partial charge in [-0.2, -0.15) is 0 Å². The molecule has 4 nitrogen and oxygen atoms in total. The Morgan fingerprint density at radius 3 is 1.90 bits per heavy atom. The van der Waals surface area contributed by atoms with Crippen LogP contribution in [0.15, 0.2) is 199 Å². The van der Waals surface area contributed by atoms with Crippen molar-refractivity contribution in [3.63, 3.8) is 0 Å². The summed E-state index contributed by atoms with van der Waals surface area (Å²) in [5.74, 6) is 2.47. The maximum absolute atomic E-state index is 7.04. The van der Waals surface area contributed by atoms with Crippen molar-refractivity contribution in [2.45, 2.75) is 0 Å². The topological polar surface area (TPSA) is 36.5 Å². The number of aromatic nitrogens is 1. The van der Waals surface area contributed by atoms with Gasteiger partial charge in [0.1, 0.15) is 28.4 Å². The summed E-state index contributed by atoms with van der Waals surface area (Å²) in [4.78, 5) is 0. The van der Waals surface area contributed by atoms with Gasteiger partial charge in [0.05, 0.1) is 16.7 Å². The Labute approximate surface area is 340 Å². The third-order valence-electron chi connectivity index (χ3n) is 12.3. The predicted octanol–water partition coefficient (Wildman–Crippen LogP) is 13.0. The maximum atomic E-state index is 7.04. The first-order valence-corrected chi connectivity index (χ1v) is 20.1. The quantitative estimate of drug-likeness (QED) is 0.168. The van der Waals surface area contributed by atoms with Crippen molar-refractivity contribution in [1.82, 2.24) is 4.57 Å². The zero-order valence-corrected chi connectivity index (χ0v) is 31.7. The van der Waals surface area contributed by atoms with Gasteiger partial charge in [0.2, 0.25) is 0 Å². The summed E-state index contributed by atoms with van der Waals surface area (Å²) in [5, 5.41) is 4.72. The van der Waals surface area contributed by atoms with Gasteiger partial charge in [-0.1, -0.05) is 140 Å². The van der Waals surface area contributed by atoms with Crippen molar-refractivity contribution < 1.29 is 13.8 Å². The van der Waals surface area contributed by atoms with Gasteiger partial charge in [0.15, 0.2) is 0 Å². The number of para-hydroxylation sites is 6. The van der Waals surface area contributed by atoms with Crippen LogP contribution < -0.4 is 20.3 Å². The zero-order valence-electron chi connectivity index (χ0n) is 31.7. The minimum atomic E-state index is -0.314. The maximum Gasteiger partial charge on any atom is 0.434 e. The van der Waals surface area contributed by atoms with Crippen molar-refractivity contribution in [2.24, 2.45) is 0 Å². The fraction of sp³-hybridized carbons (Fsp3) is 0. The van der Waals surface area contributed by atoms with Crippen LogP contribution in [-0.4, -0.2) is 11.5 Å². The molecule has 0 fully saturated rings. The molecule has 4 heterocycles. The highest BCUT2D eigenvalue weighted by atomic mass is 16.5. The van der Waals surface area contributed by atoms with Crippen molar-refractivity contribution >= 4 is 61.6 Å². The average Bonchev–Trinajstić information content (AvgIpc) is 3.85. The Morgan fingerprint density at radius 2 is 1.03 bits per heavy atom. The molecule has 0 aliphatic carbocycles. The molecule has 0 amide bonds. The van der Waals surface area contributed by atoms with Crippen molar-refractivity contribution in [3.8, 4) is 67.4 Å². The van der Waals surface area contributed by atoms with Gasteiger partial charge in [-0.15, -0.1) is 0 Å². The molecule has 5 heteroatoms. The van der Waals surface area contributed by atoms with Crippen LogP contribution in [0.5, 0.6) is 17.2 Å². The summed E-state index contributed by atoms with van der Waals surface area (Å²) in [5.41, 5.74) is 16.1. The van der Waals surface area contributed by atoms with E-state index in [1.54, 1.807) is 0 Å². The molecule has 274 valence electrons. The SMILES string of the molecule is c1cc(-c2cc3c4c(c2)-c2ccccc2OB4c2ccc(-c4ccccc4-n4c5ccccc5c5ccccc54)cc2O3)cc(-c2cccc3c2oc2ccccc23)c1. The Balaban J connectivity index is 0.955. The molecule has 13 rings (SSSR count). The molecule has 0 N–H and O–H groups in total. The lowest BCUT2D eigenvalue weighted by molar-refractivity contribution is 0.480. The van der Waals surface area contributed by atoms with Gasteiger partial charge in [-0.3, -0.25) is 0 Å². The molecule has 0 unspecified atom stereocenters. The van der Waals surface area contributed by atoms with Gasteiger partial charge >= 0.3 is 6.92 Å². The molecule has 0 atom stereocenters. The molecule has 59 heavy (non-hydrogen) atoms. The third kappa shape index (κ3) is 4.79. The smallest absolute Gasteiger partial charge is 0.434 e. The Hall–Kier alpha value is -7.76. The first-order chi connectivity index (χ1) is 29.2. The van der Waals surface area contributed by atoms with Crippen LogP contribution in [-0.2, 0) is 0 Å². The monoisotopic (exact) mass is 753 g/mol. The van der Waals surface area contributed by atoms with Crippen LogP contribution in [0.25, 0.3) is 93.9 Å². The lowest BCUT2D eigenvalue weighted by Crippen LogP contribution is -2.53. The van der Waals surface area contributed by atoms with Crippen LogP contribution >= 0.6 is 0 Å². The second-order valence-corrected chi connectivity index (χ2v) is 15.5. The lowest BCUT2D eigenvalue weighted by Gasteiger charge is -2.33. The van der Waals surface area contributed by atoms with Gasteiger partial charge in [-0.25, -0.2) is 0 Å². The molecule has 0 bridgehead atoms. The second kappa shape index (κ2) is 12.4. The van der Waals surface area contributed by atoms with Crippen LogP contribution in [0, 0.1) is 0 Å². The molecule has 0 saturated carbocycles. The molecule has 2 aliphatic rings. The largest absolute Gasteiger partial charge is 0.551 e. The number of ether oxygens (including phenoxy) is 1. The molecule has 2 aliphatic heterocycles. The average molecular weight is 754 g/mol. The van der Waals surface area contributed by atoms with Gasteiger partial charge < -0.3 is 18.4 Å². The van der Waals surface area contributed by atoms with E-state index in [4.69, 9.17) is 13.8 Å². The van der Waals surface area contributed by atoms with Crippen molar-refractivity contribution in [3.05, 3.63) is 194 Å². The number of hydrogen-bond acceptors (Lipinski definition) is 3. The summed E-state index contributed by atoms with van der Waals surface area (Å²) < 4.78 is 22.8. The zero-order chi connectivity index (χ0) is 38.6. The molecule has 9 aromatic carbocycles. The summed E-state index contributed by atoms with van der Waals surface area (Å²) in [6.45, 7) is -0.314. The summed E-state index contributed by atoms with van der Waals surface area (Å²) in [7, 11) is 0. The molecule has 11 aromatic rings. The Morgan fingerprint density at radius 1 is 0.390 bits per heavy atom. The van der Waals surface area contributed by atoms with Crippen LogP contribution in [0.4, 0.5) is 0 Å². The standard InChI is InChI=1S/C54H32BNO3/c1-6-22-46(56-47-23-7-2-16-39(47)40-17-3-8-24-48(40)56)37(15-1)35-27-28-45-51(31-35)57-52-32-36(30-44-42-19-5-10-26-50(42)59-55(45)53(44)52)33-13-11-14-34(29-33)38-20-12-21-43-41-18-4-9-25-49(41)58-54(38)43/h1-32H. The predicted molar refractivity (Wildman–Crippen MR) is 242 cm³/mol. The molecular formula is C54H32BNO3. The van der Waals surface area contributed by atoms with E-state index in [0.29, 0.717) is 0 Å². The summed E-state index contributed by atoms with van der Waals surface area (Å²) in [6, 6.07) is 68.8. The van der Waals surface area contributed by atoms with E-state index in [1.807, 2.05) is 18.2 Å². The third-order valence-corrected chi connectivity index (χ3v) is 12.3. The highest BCUT2D eigenvalue weighted by molar-refractivity contribution is 6.84. The molecule has 2 aromatic heterocycles. The van der Waals surface area contributed by atoms with E-state index < -0.39 is 0 Å². The number of benzene rings is 9. The Bertz CT molecular complexity index is 3490. The van der Waals surface area contributed by atoms with E-state index in [1.165, 1.54) is 21.8 Å². The minimum absolute atomic E-state index is 0.314. The van der Waals surface area contributed by atoms with E-state index >= 15 is 0 Å². The van der Waals surface area contributed by atoms with Gasteiger partial charge in [0.25, 0.3) is 0 Å². The van der Waals surface area contributed by atoms with Crippen LogP contribution in [0.2, 0.25) is 0 Å². The fourth-order valence-corrected chi connectivity index (χ4v) is 9.63. The minimum Gasteiger partial charge on any atom is -0.551 e. The summed E-state index contributed by atoms with van der Waals surface area (Å²) in [6.07, 6.45) is 0. The number of nitrogens with zero attached hydrogens (tertiary/aromatic N) is 1. The van der Waals surface area contributed by atoms with E-state index in [-0.39, 0.29) is 6.92 Å². The lowest BCUT2D eigenvalue weighted by atomic mass is 9.50. The number of rotatable bonds is 4. The first kappa shape index (κ1) is 32.3. The van der Waals surface area contributed by atoms with Gasteiger partial charge in [-0.05, 0) is 82.4 Å². The van der Waals surface area contributed by atoms with E-state index in [9.17, 15) is 0 Å². The highest BCUT2D eigenvalue weighted by Crippen LogP contribution is 2.44. The number of hydrogen-bond donors (Lipinski definition) is 0. The van der Waals surface area contributed by atoms with Crippen LogP contribution in [0.1, 0.15) is 0 Å². The van der Waals surface area contributed by atoms with E-state index in [0.717, 1.165) is 100 Å².